The lowest BCUT2D eigenvalue weighted by Crippen LogP contribution is -2.36. The molecule has 1 atom stereocenters. The minimum Gasteiger partial charge on any atom is -0.354 e. The first-order chi connectivity index (χ1) is 10.3. The van der Waals surface area contributed by atoms with Gasteiger partial charge in [0.15, 0.2) is 5.96 Å². The Morgan fingerprint density at radius 2 is 2.10 bits per heavy atom. The van der Waals surface area contributed by atoms with Crippen LogP contribution in [0.1, 0.15) is 24.1 Å². The van der Waals surface area contributed by atoms with Crippen molar-refractivity contribution >= 4 is 5.96 Å². The van der Waals surface area contributed by atoms with Crippen LogP contribution < -0.4 is 5.32 Å². The van der Waals surface area contributed by atoms with Crippen molar-refractivity contribution < 1.29 is 0 Å². The highest BCUT2D eigenvalue weighted by Gasteiger charge is 2.21. The average Bonchev–Trinajstić information content (AvgIpc) is 3.17. The predicted octanol–water partition coefficient (Wildman–Crippen LogP) is 2.64. The lowest BCUT2D eigenvalue weighted by atomic mass is 10.1. The molecule has 1 aliphatic heterocycles. The van der Waals surface area contributed by atoms with Gasteiger partial charge in [0, 0.05) is 32.5 Å². The number of hydrogen-bond acceptors (Lipinski definition) is 3. The summed E-state index contributed by atoms with van der Waals surface area (Å²) in [5, 5.41) is 3.52. The fraction of sp³-hybridized carbons (Fsp3) is 0.353. The molecule has 4 nitrogen and oxygen atoms in total. The van der Waals surface area contributed by atoms with E-state index in [4.69, 9.17) is 0 Å². The molecule has 0 fully saturated rings. The van der Waals surface area contributed by atoms with Crippen LogP contribution >= 0.6 is 0 Å². The molecule has 1 aliphatic rings. The molecule has 0 amide bonds. The molecule has 0 aliphatic carbocycles. The monoisotopic (exact) mass is 282 g/mol. The van der Waals surface area contributed by atoms with E-state index in [0.717, 1.165) is 25.6 Å². The average molecular weight is 282 g/mol. The van der Waals surface area contributed by atoms with E-state index in [0.29, 0.717) is 6.04 Å². The number of guanidine groups is 1. The van der Waals surface area contributed by atoms with Gasteiger partial charge in [-0.05, 0) is 24.1 Å². The second kappa shape index (κ2) is 6.04. The number of rotatable bonds is 4. The van der Waals surface area contributed by atoms with Crippen molar-refractivity contribution in [3.05, 3.63) is 59.9 Å². The summed E-state index contributed by atoms with van der Waals surface area (Å²) >= 11 is 0. The van der Waals surface area contributed by atoms with Crippen molar-refractivity contribution in [2.75, 3.05) is 13.6 Å². The molecule has 0 bridgehead atoms. The van der Waals surface area contributed by atoms with Crippen LogP contribution in [-0.4, -0.2) is 29.0 Å². The molecule has 0 spiro atoms. The smallest absolute Gasteiger partial charge is 0.194 e. The number of aryl methyl sites for hydroxylation is 1. The molecule has 1 aromatic heterocycles. The maximum atomic E-state index is 4.64. The van der Waals surface area contributed by atoms with E-state index in [-0.39, 0.29) is 0 Å². The van der Waals surface area contributed by atoms with Crippen molar-refractivity contribution in [1.29, 1.82) is 0 Å². The Morgan fingerprint density at radius 3 is 2.81 bits per heavy atom. The molecule has 2 aromatic rings. The lowest BCUT2D eigenvalue weighted by Gasteiger charge is -2.20. The molecular weight excluding hydrogens is 260 g/mol. The summed E-state index contributed by atoms with van der Waals surface area (Å²) < 4.78 is 2.19. The Morgan fingerprint density at radius 1 is 1.29 bits per heavy atom. The molecule has 1 unspecified atom stereocenters. The summed E-state index contributed by atoms with van der Waals surface area (Å²) in [5.74, 6) is 0.980. The molecule has 0 saturated carbocycles. The van der Waals surface area contributed by atoms with Gasteiger partial charge >= 0.3 is 0 Å². The highest BCUT2D eigenvalue weighted by atomic mass is 15.3. The third kappa shape index (κ3) is 3.10. The Balaban J connectivity index is 1.60. The zero-order valence-corrected chi connectivity index (χ0v) is 12.7. The number of nitrogens with one attached hydrogen (secondary N) is 1. The Kier molecular flexibility index (Phi) is 3.95. The molecule has 0 saturated heterocycles. The molecular formula is C17H22N4. The molecule has 110 valence electrons. The molecule has 2 heterocycles. The summed E-state index contributed by atoms with van der Waals surface area (Å²) in [4.78, 5) is 6.82. The fourth-order valence-corrected chi connectivity index (χ4v) is 2.66. The summed E-state index contributed by atoms with van der Waals surface area (Å²) in [5.41, 5.74) is 2.61. The van der Waals surface area contributed by atoms with Crippen LogP contribution in [0, 0.1) is 0 Å². The van der Waals surface area contributed by atoms with Gasteiger partial charge in [-0.3, -0.25) is 4.99 Å². The van der Waals surface area contributed by atoms with Gasteiger partial charge in [0.2, 0.25) is 0 Å². The van der Waals surface area contributed by atoms with Crippen LogP contribution in [0.3, 0.4) is 0 Å². The van der Waals surface area contributed by atoms with Crippen LogP contribution in [0.4, 0.5) is 0 Å². The topological polar surface area (TPSA) is 32.6 Å². The van der Waals surface area contributed by atoms with Gasteiger partial charge in [-0.2, -0.15) is 0 Å². The molecule has 21 heavy (non-hydrogen) atoms. The van der Waals surface area contributed by atoms with Crippen LogP contribution in [0.2, 0.25) is 0 Å². The summed E-state index contributed by atoms with van der Waals surface area (Å²) in [7, 11) is 2.09. The summed E-state index contributed by atoms with van der Waals surface area (Å²) in [6, 6.07) is 13.0. The van der Waals surface area contributed by atoms with Crippen LogP contribution in [0.25, 0.3) is 0 Å². The van der Waals surface area contributed by atoms with E-state index in [9.17, 15) is 0 Å². The number of benzene rings is 1. The standard InChI is InChI=1S/C17H22N4/c1-3-21-10-9-14(13-21)12-20(2)17-18-11-16(19-17)15-7-5-4-6-8-15/h4-10,13,16H,3,11-12H2,1-2H3,(H,18,19). The molecule has 3 rings (SSSR count). The predicted molar refractivity (Wildman–Crippen MR) is 86.2 cm³/mol. The largest absolute Gasteiger partial charge is 0.354 e. The first-order valence-electron chi connectivity index (χ1n) is 7.48. The van der Waals surface area contributed by atoms with E-state index in [1.165, 1.54) is 11.1 Å². The number of aliphatic imine (C=N–C) groups is 1. The van der Waals surface area contributed by atoms with Gasteiger partial charge in [-0.15, -0.1) is 0 Å². The van der Waals surface area contributed by atoms with Crippen LogP contribution in [-0.2, 0) is 13.1 Å². The first-order valence-corrected chi connectivity index (χ1v) is 7.48. The number of aromatic nitrogens is 1. The Hall–Kier alpha value is -2.23. The number of nitrogens with zero attached hydrogens (tertiary/aromatic N) is 3. The maximum Gasteiger partial charge on any atom is 0.194 e. The van der Waals surface area contributed by atoms with Gasteiger partial charge in [-0.1, -0.05) is 30.3 Å². The minimum atomic E-state index is 0.295. The van der Waals surface area contributed by atoms with E-state index in [2.05, 4.69) is 76.5 Å². The first kappa shape index (κ1) is 13.7. The Bertz CT molecular complexity index is 615. The number of hydrogen-bond donors (Lipinski definition) is 1. The molecule has 0 radical (unpaired) electrons. The second-order valence-electron chi connectivity index (χ2n) is 5.48. The summed E-state index contributed by atoms with van der Waals surface area (Å²) in [6.45, 7) is 4.85. The third-order valence-corrected chi connectivity index (χ3v) is 3.89. The molecule has 1 aromatic carbocycles. The Labute approximate surface area is 126 Å². The van der Waals surface area contributed by atoms with E-state index in [1.807, 2.05) is 6.07 Å². The van der Waals surface area contributed by atoms with Gasteiger partial charge < -0.3 is 14.8 Å². The van der Waals surface area contributed by atoms with Crippen LogP contribution in [0.5, 0.6) is 0 Å². The zero-order valence-electron chi connectivity index (χ0n) is 12.7. The second-order valence-corrected chi connectivity index (χ2v) is 5.48. The van der Waals surface area contributed by atoms with Crippen molar-refractivity contribution in [2.45, 2.75) is 26.1 Å². The lowest BCUT2D eigenvalue weighted by molar-refractivity contribution is 0.479. The zero-order chi connectivity index (χ0) is 14.7. The maximum absolute atomic E-state index is 4.64. The summed E-state index contributed by atoms with van der Waals surface area (Å²) in [6.07, 6.45) is 4.32. The third-order valence-electron chi connectivity index (χ3n) is 3.89. The van der Waals surface area contributed by atoms with E-state index < -0.39 is 0 Å². The van der Waals surface area contributed by atoms with Crippen molar-refractivity contribution in [2.24, 2.45) is 4.99 Å². The quantitative estimate of drug-likeness (QED) is 0.935. The van der Waals surface area contributed by atoms with Crippen molar-refractivity contribution in [1.82, 2.24) is 14.8 Å². The van der Waals surface area contributed by atoms with E-state index in [1.54, 1.807) is 0 Å². The van der Waals surface area contributed by atoms with Gasteiger partial charge in [0.25, 0.3) is 0 Å². The highest BCUT2D eigenvalue weighted by molar-refractivity contribution is 5.82. The van der Waals surface area contributed by atoms with Gasteiger partial charge in [0.1, 0.15) is 0 Å². The van der Waals surface area contributed by atoms with Gasteiger partial charge in [0.05, 0.1) is 12.6 Å². The fourth-order valence-electron chi connectivity index (χ4n) is 2.66. The van der Waals surface area contributed by atoms with Gasteiger partial charge in [-0.25, -0.2) is 0 Å². The normalized spacial score (nSPS) is 17.4. The van der Waals surface area contributed by atoms with Crippen molar-refractivity contribution in [3.8, 4) is 0 Å². The van der Waals surface area contributed by atoms with Crippen LogP contribution in [0.15, 0.2) is 53.8 Å². The molecule has 1 N–H and O–H groups in total. The molecule has 4 heteroatoms. The highest BCUT2D eigenvalue weighted by Crippen LogP contribution is 2.18. The van der Waals surface area contributed by atoms with Crippen molar-refractivity contribution in [3.63, 3.8) is 0 Å². The SMILES string of the molecule is CCn1ccc(CN(C)C2=NCC(c3ccccc3)N2)c1. The van der Waals surface area contributed by atoms with E-state index >= 15 is 0 Å². The minimum absolute atomic E-state index is 0.295.